The third kappa shape index (κ3) is 2.65. The van der Waals surface area contributed by atoms with E-state index in [1.165, 1.54) is 0 Å². The lowest BCUT2D eigenvalue weighted by molar-refractivity contribution is -0.143. The van der Waals surface area contributed by atoms with Crippen LogP contribution in [0.25, 0.3) is 0 Å². The van der Waals surface area contributed by atoms with Crippen molar-refractivity contribution >= 4 is 5.97 Å². The van der Waals surface area contributed by atoms with Gasteiger partial charge in [0, 0.05) is 6.04 Å². The molecule has 0 bridgehead atoms. The van der Waals surface area contributed by atoms with Crippen LogP contribution in [-0.2, 0) is 4.79 Å². The van der Waals surface area contributed by atoms with Gasteiger partial charge in [0.1, 0.15) is 0 Å². The average molecular weight is 184 g/mol. The number of carbonyl (C=O) groups is 1. The Morgan fingerprint density at radius 2 is 2.08 bits per heavy atom. The molecule has 4 nitrogen and oxygen atoms in total. The molecular formula is C9H16N2O2. The van der Waals surface area contributed by atoms with Crippen molar-refractivity contribution in [3.63, 3.8) is 0 Å². The summed E-state index contributed by atoms with van der Waals surface area (Å²) in [5.41, 5.74) is 5.39. The molecular weight excluding hydrogens is 168 g/mol. The Labute approximate surface area is 77.8 Å². The summed E-state index contributed by atoms with van der Waals surface area (Å²) < 4.78 is 0. The van der Waals surface area contributed by atoms with Crippen LogP contribution in [0.5, 0.6) is 0 Å². The zero-order chi connectivity index (χ0) is 9.84. The van der Waals surface area contributed by atoms with E-state index in [2.05, 4.69) is 11.9 Å². The summed E-state index contributed by atoms with van der Waals surface area (Å²) in [5, 5.41) is 11.8. The predicted molar refractivity (Wildman–Crippen MR) is 49.8 cm³/mol. The van der Waals surface area contributed by atoms with Crippen LogP contribution in [0.2, 0.25) is 0 Å². The first-order valence-corrected chi connectivity index (χ1v) is 4.55. The lowest BCUT2D eigenvalue weighted by Crippen LogP contribution is -2.43. The Bertz CT molecular complexity index is 216. The first kappa shape index (κ1) is 9.89. The third-order valence-corrected chi connectivity index (χ3v) is 2.45. The Morgan fingerprint density at radius 1 is 1.46 bits per heavy atom. The fourth-order valence-electron chi connectivity index (χ4n) is 1.84. The maximum absolute atomic E-state index is 10.8. The fraction of sp³-hybridized carbons (Fsp3) is 0.667. The van der Waals surface area contributed by atoms with Gasteiger partial charge in [-0.3, -0.25) is 4.79 Å². The van der Waals surface area contributed by atoms with Gasteiger partial charge in [0.25, 0.3) is 0 Å². The molecule has 74 valence electrons. The van der Waals surface area contributed by atoms with Crippen molar-refractivity contribution in [3.8, 4) is 0 Å². The number of hydrogen-bond acceptors (Lipinski definition) is 3. The van der Waals surface area contributed by atoms with Gasteiger partial charge in [-0.05, 0) is 12.8 Å². The normalized spacial score (nSPS) is 28.0. The Morgan fingerprint density at radius 3 is 2.62 bits per heavy atom. The summed E-state index contributed by atoms with van der Waals surface area (Å²) >= 11 is 0. The molecule has 0 amide bonds. The van der Waals surface area contributed by atoms with Gasteiger partial charge in [-0.15, -0.1) is 0 Å². The Hall–Kier alpha value is -1.19. The van der Waals surface area contributed by atoms with E-state index in [0.29, 0.717) is 5.82 Å². The first-order chi connectivity index (χ1) is 6.11. The number of aliphatic carboxylic acids is 1. The minimum Gasteiger partial charge on any atom is -0.481 e. The fourth-order valence-corrected chi connectivity index (χ4v) is 1.84. The van der Waals surface area contributed by atoms with Gasteiger partial charge in [-0.25, -0.2) is 0 Å². The van der Waals surface area contributed by atoms with Crippen LogP contribution >= 0.6 is 0 Å². The molecule has 13 heavy (non-hydrogen) atoms. The maximum atomic E-state index is 10.8. The van der Waals surface area contributed by atoms with Crippen molar-refractivity contribution < 1.29 is 9.90 Å². The quantitative estimate of drug-likeness (QED) is 0.602. The number of carboxylic acid groups (broad SMARTS) is 1. The Kier molecular flexibility index (Phi) is 3.17. The van der Waals surface area contributed by atoms with E-state index in [4.69, 9.17) is 10.8 Å². The molecule has 1 rings (SSSR count). The van der Waals surface area contributed by atoms with Crippen molar-refractivity contribution in [1.29, 1.82) is 0 Å². The van der Waals surface area contributed by atoms with E-state index in [0.717, 1.165) is 25.7 Å². The van der Waals surface area contributed by atoms with Crippen molar-refractivity contribution in [2.75, 3.05) is 0 Å². The van der Waals surface area contributed by atoms with E-state index < -0.39 is 5.97 Å². The molecule has 0 spiro atoms. The van der Waals surface area contributed by atoms with Gasteiger partial charge in [0.2, 0.25) is 0 Å². The highest BCUT2D eigenvalue weighted by molar-refractivity contribution is 5.71. The molecule has 0 aromatic heterocycles. The van der Waals surface area contributed by atoms with Crippen LogP contribution in [-0.4, -0.2) is 17.1 Å². The highest BCUT2D eigenvalue weighted by atomic mass is 16.4. The largest absolute Gasteiger partial charge is 0.481 e. The molecule has 0 aromatic rings. The monoisotopic (exact) mass is 184 g/mol. The van der Waals surface area contributed by atoms with Crippen molar-refractivity contribution in [3.05, 3.63) is 12.4 Å². The molecule has 4 heteroatoms. The zero-order valence-corrected chi connectivity index (χ0v) is 7.62. The van der Waals surface area contributed by atoms with E-state index in [9.17, 15) is 4.79 Å². The summed E-state index contributed by atoms with van der Waals surface area (Å²) in [7, 11) is 0. The molecule has 0 heterocycles. The minimum atomic E-state index is -0.738. The second-order valence-electron chi connectivity index (χ2n) is 3.51. The summed E-state index contributed by atoms with van der Waals surface area (Å²) in [5.74, 6) is -0.689. The molecule has 0 aliphatic heterocycles. The number of hydrogen-bond donors (Lipinski definition) is 3. The molecule has 0 saturated heterocycles. The Balaban J connectivity index is 2.56. The lowest BCUT2D eigenvalue weighted by atomic mass is 9.84. The van der Waals surface area contributed by atoms with Crippen LogP contribution in [0.3, 0.4) is 0 Å². The van der Waals surface area contributed by atoms with Crippen molar-refractivity contribution in [2.24, 2.45) is 11.7 Å². The second-order valence-corrected chi connectivity index (χ2v) is 3.51. The third-order valence-electron chi connectivity index (χ3n) is 2.45. The summed E-state index contributed by atoms with van der Waals surface area (Å²) in [6.45, 7) is 3.52. The van der Waals surface area contributed by atoms with Gasteiger partial charge >= 0.3 is 5.97 Å². The smallest absolute Gasteiger partial charge is 0.308 e. The van der Waals surface area contributed by atoms with Crippen molar-refractivity contribution in [2.45, 2.75) is 31.7 Å². The average Bonchev–Trinajstić information content (AvgIpc) is 2.03. The van der Waals surface area contributed by atoms with Crippen LogP contribution in [0, 0.1) is 5.92 Å². The van der Waals surface area contributed by atoms with Crippen LogP contribution in [0.4, 0.5) is 0 Å². The number of nitrogens with two attached hydrogens (primary N) is 1. The van der Waals surface area contributed by atoms with Gasteiger partial charge in [0.15, 0.2) is 0 Å². The minimum absolute atomic E-state index is 0.0382. The number of carboxylic acids is 1. The van der Waals surface area contributed by atoms with E-state index >= 15 is 0 Å². The molecule has 1 aliphatic rings. The van der Waals surface area contributed by atoms with Crippen molar-refractivity contribution in [1.82, 2.24) is 5.32 Å². The zero-order valence-electron chi connectivity index (χ0n) is 7.62. The highest BCUT2D eigenvalue weighted by Crippen LogP contribution is 2.24. The SMILES string of the molecule is C=C(N)NC1CCCC[C@H]1C(=O)O. The van der Waals surface area contributed by atoms with Crippen LogP contribution in [0.15, 0.2) is 12.4 Å². The van der Waals surface area contributed by atoms with Gasteiger partial charge in [-0.1, -0.05) is 19.4 Å². The summed E-state index contributed by atoms with van der Waals surface area (Å²) in [6.07, 6.45) is 3.66. The molecule has 0 radical (unpaired) electrons. The molecule has 2 atom stereocenters. The maximum Gasteiger partial charge on any atom is 0.308 e. The number of nitrogens with one attached hydrogen (secondary N) is 1. The van der Waals surface area contributed by atoms with Gasteiger partial charge < -0.3 is 16.2 Å². The topological polar surface area (TPSA) is 75.3 Å². The van der Waals surface area contributed by atoms with Crippen LogP contribution < -0.4 is 11.1 Å². The molecule has 0 aromatic carbocycles. The second kappa shape index (κ2) is 4.16. The van der Waals surface area contributed by atoms with Gasteiger partial charge in [0.05, 0.1) is 11.7 Å². The lowest BCUT2D eigenvalue weighted by Gasteiger charge is -2.29. The summed E-state index contributed by atoms with van der Waals surface area (Å²) in [6, 6.07) is -0.0382. The van der Waals surface area contributed by atoms with E-state index in [-0.39, 0.29) is 12.0 Å². The van der Waals surface area contributed by atoms with E-state index in [1.54, 1.807) is 0 Å². The predicted octanol–water partition coefficient (Wildman–Crippen LogP) is 0.649. The summed E-state index contributed by atoms with van der Waals surface area (Å²) in [4.78, 5) is 10.8. The molecule has 1 unspecified atom stereocenters. The van der Waals surface area contributed by atoms with Gasteiger partial charge in [-0.2, -0.15) is 0 Å². The van der Waals surface area contributed by atoms with Crippen LogP contribution in [0.1, 0.15) is 25.7 Å². The standard InChI is InChI=1S/C9H16N2O2/c1-6(10)11-8-5-3-2-4-7(8)9(12)13/h7-8,11H,1-5,10H2,(H,12,13)/t7-,8?/m1/s1. The molecule has 1 saturated carbocycles. The molecule has 4 N–H and O–H groups in total. The highest BCUT2D eigenvalue weighted by Gasteiger charge is 2.30. The number of rotatable bonds is 3. The molecule has 1 aliphatic carbocycles. The van der Waals surface area contributed by atoms with E-state index in [1.807, 2.05) is 0 Å². The molecule has 1 fully saturated rings. The first-order valence-electron chi connectivity index (χ1n) is 4.55.